The van der Waals surface area contributed by atoms with E-state index in [1.165, 1.54) is 29.2 Å². The molecule has 2 aromatic carbocycles. The van der Waals surface area contributed by atoms with E-state index < -0.39 is 40.7 Å². The summed E-state index contributed by atoms with van der Waals surface area (Å²) in [6, 6.07) is 10.1. The molecule has 0 saturated carbocycles. The molecule has 0 bridgehead atoms. The van der Waals surface area contributed by atoms with Crippen molar-refractivity contribution in [1.29, 1.82) is 0 Å². The first-order valence-electron chi connectivity index (χ1n) is 11.1. The van der Waals surface area contributed by atoms with Crippen LogP contribution in [-0.2, 0) is 4.74 Å². The van der Waals surface area contributed by atoms with Crippen LogP contribution in [-0.4, -0.2) is 59.0 Å². The normalized spacial score (nSPS) is 20.4. The van der Waals surface area contributed by atoms with Gasteiger partial charge in [0.2, 0.25) is 0 Å². The van der Waals surface area contributed by atoms with Crippen LogP contribution in [0.15, 0.2) is 42.5 Å². The number of halogens is 2. The number of rotatable bonds is 5. The number of hydrogen-bond acceptors (Lipinski definition) is 6. The van der Waals surface area contributed by atoms with Crippen LogP contribution in [0.3, 0.4) is 0 Å². The molecular formula is C24H27Cl2N3O7. The van der Waals surface area contributed by atoms with Crippen molar-refractivity contribution in [3.05, 3.63) is 68.2 Å². The first-order chi connectivity index (χ1) is 16.8. The summed E-state index contributed by atoms with van der Waals surface area (Å²) in [7, 11) is 0. The van der Waals surface area contributed by atoms with Crippen molar-refractivity contribution in [3.8, 4) is 5.75 Å². The van der Waals surface area contributed by atoms with Crippen molar-refractivity contribution >= 4 is 41.1 Å². The maximum Gasteiger partial charge on any atom is 0.412 e. The Morgan fingerprint density at radius 2 is 1.83 bits per heavy atom. The minimum Gasteiger partial charge on any atom is -0.465 e. The Morgan fingerprint density at radius 1 is 1.17 bits per heavy atom. The number of carbonyl (C=O) groups is 2. The number of carbonyl (C=O) groups excluding carboxylic acids is 1. The number of nitro groups is 1. The molecule has 12 heteroatoms. The zero-order valence-corrected chi connectivity index (χ0v) is 21.5. The number of carboxylic acid groups (broad SMARTS) is 1. The Kier molecular flexibility index (Phi) is 8.65. The minimum atomic E-state index is -1.08. The van der Waals surface area contributed by atoms with Crippen molar-refractivity contribution in [2.75, 3.05) is 19.6 Å². The minimum absolute atomic E-state index is 0.0107. The molecule has 3 atom stereocenters. The van der Waals surface area contributed by atoms with Crippen LogP contribution < -0.4 is 10.1 Å². The quantitative estimate of drug-likeness (QED) is 0.375. The molecule has 1 fully saturated rings. The van der Waals surface area contributed by atoms with Crippen LogP contribution >= 0.6 is 23.2 Å². The number of nitrogens with one attached hydrogen (secondary N) is 1. The lowest BCUT2D eigenvalue weighted by molar-refractivity contribution is -0.384. The van der Waals surface area contributed by atoms with Crippen LogP contribution in [0.5, 0.6) is 5.75 Å². The van der Waals surface area contributed by atoms with E-state index in [2.05, 4.69) is 5.32 Å². The second-order valence-corrected chi connectivity index (χ2v) is 10.3. The van der Waals surface area contributed by atoms with Gasteiger partial charge in [0, 0.05) is 31.1 Å². The van der Waals surface area contributed by atoms with Gasteiger partial charge in [-0.05, 0) is 35.2 Å². The van der Waals surface area contributed by atoms with Crippen LogP contribution in [0.4, 0.5) is 15.3 Å². The molecule has 0 spiro atoms. The summed E-state index contributed by atoms with van der Waals surface area (Å²) >= 11 is 12.3. The molecule has 1 heterocycles. The van der Waals surface area contributed by atoms with E-state index in [4.69, 9.17) is 32.7 Å². The van der Waals surface area contributed by atoms with Gasteiger partial charge in [0.15, 0.2) is 0 Å². The zero-order valence-electron chi connectivity index (χ0n) is 19.9. The molecule has 2 amide bonds. The second-order valence-electron chi connectivity index (χ2n) is 9.52. The Bertz CT molecular complexity index is 1120. The first kappa shape index (κ1) is 27.5. The number of ether oxygens (including phenoxy) is 2. The lowest BCUT2D eigenvalue weighted by atomic mass is 9.88. The standard InChI is InChI=1S/C24H27Cl2N3O7/c1-24(2,3)21-13-28(23(31)32)12-17(14-4-9-18(25)19(26)10-14)20(36-21)11-27-22(30)35-16-7-5-15(6-8-16)29(33)34/h4-10,17,20-21H,11-13H2,1-3H3,(H,27,30)(H,31,32)/t17-,20+,21?/m0/s1. The van der Waals surface area contributed by atoms with Crippen molar-refractivity contribution in [3.63, 3.8) is 0 Å². The molecular weight excluding hydrogens is 513 g/mol. The van der Waals surface area contributed by atoms with Crippen molar-refractivity contribution < 1.29 is 29.1 Å². The monoisotopic (exact) mass is 539 g/mol. The second kappa shape index (κ2) is 11.3. The number of non-ortho nitro benzene ring substituents is 1. The van der Waals surface area contributed by atoms with Gasteiger partial charge in [-0.15, -0.1) is 0 Å². The van der Waals surface area contributed by atoms with Gasteiger partial charge in [-0.3, -0.25) is 10.1 Å². The topological polar surface area (TPSA) is 131 Å². The summed E-state index contributed by atoms with van der Waals surface area (Å²) in [5.74, 6) is -0.339. The van der Waals surface area contributed by atoms with Gasteiger partial charge in [-0.2, -0.15) is 0 Å². The smallest absolute Gasteiger partial charge is 0.412 e. The number of amides is 2. The van der Waals surface area contributed by atoms with Gasteiger partial charge in [-0.25, -0.2) is 9.59 Å². The van der Waals surface area contributed by atoms with Crippen molar-refractivity contribution in [2.45, 2.75) is 38.9 Å². The summed E-state index contributed by atoms with van der Waals surface area (Å²) in [5, 5.41) is 24.0. The fraction of sp³-hybridized carbons (Fsp3) is 0.417. The highest BCUT2D eigenvalue weighted by Gasteiger charge is 2.40. The molecule has 194 valence electrons. The Balaban J connectivity index is 1.83. The van der Waals surface area contributed by atoms with E-state index in [0.717, 1.165) is 0 Å². The van der Waals surface area contributed by atoms with E-state index in [0.29, 0.717) is 15.6 Å². The van der Waals surface area contributed by atoms with Gasteiger partial charge in [0.1, 0.15) is 5.75 Å². The number of nitrogens with zero attached hydrogens (tertiary/aromatic N) is 2. The van der Waals surface area contributed by atoms with E-state index in [1.54, 1.807) is 18.2 Å². The molecule has 2 N–H and O–H groups in total. The molecule has 1 aliphatic rings. The number of nitro benzene ring substituents is 1. The van der Waals surface area contributed by atoms with E-state index >= 15 is 0 Å². The van der Waals surface area contributed by atoms with E-state index in [1.807, 2.05) is 20.8 Å². The third kappa shape index (κ3) is 6.99. The van der Waals surface area contributed by atoms with Crippen molar-refractivity contribution in [1.82, 2.24) is 10.2 Å². The Hall–Kier alpha value is -3.08. The molecule has 3 rings (SSSR count). The predicted octanol–water partition coefficient (Wildman–Crippen LogP) is 5.57. The van der Waals surface area contributed by atoms with Crippen molar-refractivity contribution in [2.24, 2.45) is 5.41 Å². The molecule has 0 aromatic heterocycles. The Morgan fingerprint density at radius 3 is 2.39 bits per heavy atom. The summed E-state index contributed by atoms with van der Waals surface area (Å²) in [4.78, 5) is 36.1. The average Bonchev–Trinajstić information content (AvgIpc) is 3.00. The predicted molar refractivity (Wildman–Crippen MR) is 134 cm³/mol. The van der Waals surface area contributed by atoms with Gasteiger partial charge >= 0.3 is 12.2 Å². The van der Waals surface area contributed by atoms with Crippen LogP contribution in [0, 0.1) is 15.5 Å². The average molecular weight is 540 g/mol. The van der Waals surface area contributed by atoms with Gasteiger partial charge in [0.05, 0.1) is 33.7 Å². The first-order valence-corrected chi connectivity index (χ1v) is 11.9. The van der Waals surface area contributed by atoms with Gasteiger partial charge in [0.25, 0.3) is 5.69 Å². The molecule has 36 heavy (non-hydrogen) atoms. The summed E-state index contributed by atoms with van der Waals surface area (Å²) in [5.41, 5.74) is 0.189. The summed E-state index contributed by atoms with van der Waals surface area (Å²) in [6.07, 6.45) is -2.95. The maximum absolute atomic E-state index is 12.5. The summed E-state index contributed by atoms with van der Waals surface area (Å²) < 4.78 is 11.6. The summed E-state index contributed by atoms with van der Waals surface area (Å²) in [6.45, 7) is 6.13. The van der Waals surface area contributed by atoms with Crippen LogP contribution in [0.1, 0.15) is 32.3 Å². The molecule has 2 aromatic rings. The fourth-order valence-corrected chi connectivity index (χ4v) is 4.14. The molecule has 10 nitrogen and oxygen atoms in total. The number of benzene rings is 2. The van der Waals surface area contributed by atoms with Gasteiger partial charge < -0.3 is 24.8 Å². The zero-order chi connectivity index (χ0) is 26.6. The molecule has 0 radical (unpaired) electrons. The fourth-order valence-electron chi connectivity index (χ4n) is 3.83. The lowest BCUT2D eigenvalue weighted by Crippen LogP contribution is -2.43. The Labute approximate surface area is 218 Å². The van der Waals surface area contributed by atoms with E-state index in [-0.39, 0.29) is 31.1 Å². The SMILES string of the molecule is CC(C)(C)C1CN(C(=O)O)C[C@@H](c2ccc(Cl)c(Cl)c2)[C@@H](CNC(=O)Oc2ccc([N+](=O)[O-])cc2)O1. The lowest BCUT2D eigenvalue weighted by Gasteiger charge is -2.34. The van der Waals surface area contributed by atoms with Gasteiger partial charge in [-0.1, -0.05) is 50.0 Å². The molecule has 1 unspecified atom stereocenters. The molecule has 1 aliphatic heterocycles. The highest BCUT2D eigenvalue weighted by Crippen LogP contribution is 2.35. The van der Waals surface area contributed by atoms with Crippen LogP contribution in [0.2, 0.25) is 10.0 Å². The molecule has 1 saturated heterocycles. The van der Waals surface area contributed by atoms with E-state index in [9.17, 15) is 24.8 Å². The highest BCUT2D eigenvalue weighted by molar-refractivity contribution is 6.42. The third-order valence-corrected chi connectivity index (χ3v) is 6.64. The highest BCUT2D eigenvalue weighted by atomic mass is 35.5. The third-order valence-electron chi connectivity index (χ3n) is 5.91. The maximum atomic E-state index is 12.5. The molecule has 0 aliphatic carbocycles. The number of hydrogen-bond donors (Lipinski definition) is 2. The van der Waals surface area contributed by atoms with Crippen LogP contribution in [0.25, 0.3) is 0 Å². The largest absolute Gasteiger partial charge is 0.465 e.